The number of carboxylic acids is 1. The summed E-state index contributed by atoms with van der Waals surface area (Å²) in [5.74, 6) is -1.06. The highest BCUT2D eigenvalue weighted by Crippen LogP contribution is 2.27. The first-order valence-corrected chi connectivity index (χ1v) is 8.46. The van der Waals surface area contributed by atoms with E-state index in [1.54, 1.807) is 0 Å². The standard InChI is InChI=1S/C14H18N2O4S/c17-14(18)13-6-3-8-16(13)21(19,20)15-9-7-11-4-1-2-5-12(11)10-15/h1-2,4-5,13H,3,6-10H2,(H,17,18). The van der Waals surface area contributed by atoms with Crippen LogP contribution in [0.2, 0.25) is 0 Å². The number of carbonyl (C=O) groups is 1. The highest BCUT2D eigenvalue weighted by atomic mass is 32.2. The van der Waals surface area contributed by atoms with Crippen LogP contribution in [0, 0.1) is 0 Å². The van der Waals surface area contributed by atoms with E-state index in [2.05, 4.69) is 0 Å². The van der Waals surface area contributed by atoms with E-state index in [0.29, 0.717) is 32.4 Å². The van der Waals surface area contributed by atoms with Gasteiger partial charge in [-0.2, -0.15) is 17.0 Å². The van der Waals surface area contributed by atoms with Gasteiger partial charge in [-0.3, -0.25) is 4.79 Å². The van der Waals surface area contributed by atoms with Gasteiger partial charge in [-0.05, 0) is 30.4 Å². The van der Waals surface area contributed by atoms with Gasteiger partial charge in [0.05, 0.1) is 0 Å². The molecule has 1 N–H and O–H groups in total. The van der Waals surface area contributed by atoms with E-state index in [1.165, 1.54) is 9.87 Å². The molecule has 21 heavy (non-hydrogen) atoms. The van der Waals surface area contributed by atoms with Gasteiger partial charge in [0.25, 0.3) is 10.2 Å². The van der Waals surface area contributed by atoms with Gasteiger partial charge < -0.3 is 5.11 Å². The molecule has 0 aromatic heterocycles. The Kier molecular flexibility index (Phi) is 3.73. The van der Waals surface area contributed by atoms with Gasteiger partial charge in [-0.1, -0.05) is 24.3 Å². The lowest BCUT2D eigenvalue weighted by atomic mass is 10.0. The fraction of sp³-hybridized carbons (Fsp3) is 0.500. The SMILES string of the molecule is O=C(O)C1CCCN1S(=O)(=O)N1CCc2ccccc2C1. The molecule has 3 rings (SSSR count). The number of fused-ring (bicyclic) bond motifs is 1. The number of carboxylic acid groups (broad SMARTS) is 1. The van der Waals surface area contributed by atoms with Gasteiger partial charge >= 0.3 is 5.97 Å². The summed E-state index contributed by atoms with van der Waals surface area (Å²) < 4.78 is 27.9. The number of aliphatic carboxylic acids is 1. The van der Waals surface area contributed by atoms with Crippen molar-refractivity contribution in [2.24, 2.45) is 0 Å². The van der Waals surface area contributed by atoms with E-state index in [9.17, 15) is 18.3 Å². The molecule has 1 fully saturated rings. The van der Waals surface area contributed by atoms with Crippen LogP contribution in [0.4, 0.5) is 0 Å². The zero-order valence-electron chi connectivity index (χ0n) is 11.6. The second-order valence-corrected chi connectivity index (χ2v) is 7.35. The van der Waals surface area contributed by atoms with Crippen molar-refractivity contribution in [2.75, 3.05) is 13.1 Å². The van der Waals surface area contributed by atoms with E-state index in [4.69, 9.17) is 0 Å². The number of benzene rings is 1. The van der Waals surface area contributed by atoms with E-state index in [0.717, 1.165) is 9.87 Å². The minimum absolute atomic E-state index is 0.289. The van der Waals surface area contributed by atoms with Crippen molar-refractivity contribution >= 4 is 16.2 Å². The maximum atomic E-state index is 12.7. The van der Waals surface area contributed by atoms with Crippen molar-refractivity contribution in [3.05, 3.63) is 35.4 Å². The second kappa shape index (κ2) is 5.40. The summed E-state index contributed by atoms with van der Waals surface area (Å²) in [5.41, 5.74) is 2.17. The lowest BCUT2D eigenvalue weighted by molar-refractivity contribution is -0.140. The number of rotatable bonds is 3. The van der Waals surface area contributed by atoms with Gasteiger partial charge in [0, 0.05) is 19.6 Å². The van der Waals surface area contributed by atoms with Gasteiger partial charge in [-0.25, -0.2) is 0 Å². The number of hydrogen-bond acceptors (Lipinski definition) is 3. The van der Waals surface area contributed by atoms with Crippen molar-refractivity contribution in [3.63, 3.8) is 0 Å². The van der Waals surface area contributed by atoms with Crippen molar-refractivity contribution < 1.29 is 18.3 Å². The Hall–Kier alpha value is -1.44. The monoisotopic (exact) mass is 310 g/mol. The first-order chi connectivity index (χ1) is 10.00. The smallest absolute Gasteiger partial charge is 0.322 e. The van der Waals surface area contributed by atoms with Crippen LogP contribution in [0.15, 0.2) is 24.3 Å². The summed E-state index contributed by atoms with van der Waals surface area (Å²) in [4.78, 5) is 11.2. The normalized spacial score (nSPS) is 23.9. The first-order valence-electron chi connectivity index (χ1n) is 7.06. The van der Waals surface area contributed by atoms with Crippen LogP contribution in [0.5, 0.6) is 0 Å². The molecule has 1 aromatic rings. The van der Waals surface area contributed by atoms with Crippen LogP contribution in [-0.4, -0.2) is 47.2 Å². The zero-order chi connectivity index (χ0) is 15.0. The zero-order valence-corrected chi connectivity index (χ0v) is 12.4. The van der Waals surface area contributed by atoms with Crippen molar-refractivity contribution in [1.82, 2.24) is 8.61 Å². The molecule has 114 valence electrons. The second-order valence-electron chi connectivity index (χ2n) is 5.47. The molecule has 0 amide bonds. The molecule has 2 aliphatic rings. The molecular weight excluding hydrogens is 292 g/mol. The van der Waals surface area contributed by atoms with Crippen molar-refractivity contribution in [2.45, 2.75) is 31.8 Å². The van der Waals surface area contributed by atoms with Crippen LogP contribution in [0.25, 0.3) is 0 Å². The maximum Gasteiger partial charge on any atom is 0.322 e. The molecule has 0 radical (unpaired) electrons. The molecule has 1 atom stereocenters. The van der Waals surface area contributed by atoms with Crippen LogP contribution in [0.1, 0.15) is 24.0 Å². The fourth-order valence-electron chi connectivity index (χ4n) is 3.08. The lowest BCUT2D eigenvalue weighted by Crippen LogP contribution is -2.49. The topological polar surface area (TPSA) is 77.9 Å². The molecule has 1 saturated heterocycles. The quantitative estimate of drug-likeness (QED) is 0.897. The van der Waals surface area contributed by atoms with Gasteiger partial charge in [0.15, 0.2) is 0 Å². The lowest BCUT2D eigenvalue weighted by Gasteiger charge is -2.32. The number of hydrogen-bond donors (Lipinski definition) is 1. The van der Waals surface area contributed by atoms with E-state index >= 15 is 0 Å². The Morgan fingerprint density at radius 1 is 1.19 bits per heavy atom. The van der Waals surface area contributed by atoms with E-state index in [-0.39, 0.29) is 6.54 Å². The Morgan fingerprint density at radius 3 is 2.62 bits per heavy atom. The molecule has 0 aliphatic carbocycles. The molecule has 1 aromatic carbocycles. The molecule has 0 bridgehead atoms. The van der Waals surface area contributed by atoms with E-state index < -0.39 is 22.2 Å². The third kappa shape index (κ3) is 2.56. The molecule has 6 nitrogen and oxygen atoms in total. The Morgan fingerprint density at radius 2 is 1.90 bits per heavy atom. The first kappa shape index (κ1) is 14.5. The van der Waals surface area contributed by atoms with E-state index in [1.807, 2.05) is 24.3 Å². The molecular formula is C14H18N2O4S. The summed E-state index contributed by atoms with van der Waals surface area (Å²) in [5, 5.41) is 9.18. The van der Waals surface area contributed by atoms with Crippen molar-refractivity contribution in [3.8, 4) is 0 Å². The molecule has 0 spiro atoms. The molecule has 2 aliphatic heterocycles. The molecule has 1 unspecified atom stereocenters. The maximum absolute atomic E-state index is 12.7. The number of nitrogens with zero attached hydrogens (tertiary/aromatic N) is 2. The Bertz CT molecular complexity index is 659. The van der Waals surface area contributed by atoms with Crippen LogP contribution in [-0.2, 0) is 28.0 Å². The van der Waals surface area contributed by atoms with Gasteiger partial charge in [-0.15, -0.1) is 0 Å². The highest BCUT2D eigenvalue weighted by molar-refractivity contribution is 7.86. The predicted octanol–water partition coefficient (Wildman–Crippen LogP) is 0.838. The summed E-state index contributed by atoms with van der Waals surface area (Å²) in [7, 11) is -3.71. The predicted molar refractivity (Wildman–Crippen MR) is 76.8 cm³/mol. The Labute approximate surface area is 124 Å². The van der Waals surface area contributed by atoms with Crippen LogP contribution in [0.3, 0.4) is 0 Å². The van der Waals surface area contributed by atoms with Crippen molar-refractivity contribution in [1.29, 1.82) is 0 Å². The summed E-state index contributed by atoms with van der Waals surface area (Å²) >= 11 is 0. The Balaban J connectivity index is 1.85. The summed E-state index contributed by atoms with van der Waals surface area (Å²) in [6.07, 6.45) is 1.65. The highest BCUT2D eigenvalue weighted by Gasteiger charge is 2.42. The molecule has 7 heteroatoms. The third-order valence-electron chi connectivity index (χ3n) is 4.21. The van der Waals surface area contributed by atoms with Gasteiger partial charge in [0.2, 0.25) is 0 Å². The largest absolute Gasteiger partial charge is 0.480 e. The molecule has 2 heterocycles. The average Bonchev–Trinajstić information content (AvgIpc) is 2.97. The molecule has 0 saturated carbocycles. The fourth-order valence-corrected chi connectivity index (χ4v) is 4.88. The minimum atomic E-state index is -3.71. The summed E-state index contributed by atoms with van der Waals surface area (Å²) in [6.45, 7) is 1.01. The van der Waals surface area contributed by atoms with Crippen LogP contribution < -0.4 is 0 Å². The van der Waals surface area contributed by atoms with Gasteiger partial charge in [0.1, 0.15) is 6.04 Å². The minimum Gasteiger partial charge on any atom is -0.480 e. The third-order valence-corrected chi connectivity index (χ3v) is 6.20. The summed E-state index contributed by atoms with van der Waals surface area (Å²) in [6, 6.07) is 6.85. The average molecular weight is 310 g/mol. The van der Waals surface area contributed by atoms with Crippen LogP contribution >= 0.6 is 0 Å².